The molecular weight excluding hydrogens is 366 g/mol. The van der Waals surface area contributed by atoms with E-state index in [1.165, 1.54) is 12.8 Å². The molecule has 2 aliphatic carbocycles. The molecule has 1 heterocycles. The summed E-state index contributed by atoms with van der Waals surface area (Å²) >= 11 is 0. The third-order valence-corrected chi connectivity index (χ3v) is 6.57. The van der Waals surface area contributed by atoms with Crippen molar-refractivity contribution >= 4 is 17.8 Å². The number of hydrogen-bond acceptors (Lipinski definition) is 4. The van der Waals surface area contributed by atoms with Crippen LogP contribution in [0.2, 0.25) is 0 Å². The second-order valence-corrected chi connectivity index (χ2v) is 8.58. The van der Waals surface area contributed by atoms with Crippen molar-refractivity contribution in [3.8, 4) is 12.3 Å². The molecule has 4 atom stereocenters. The maximum absolute atomic E-state index is 12.6. The first-order valence-electron chi connectivity index (χ1n) is 11.3. The van der Waals surface area contributed by atoms with Gasteiger partial charge in [-0.15, -0.1) is 12.3 Å². The average molecular weight is 400 g/mol. The van der Waals surface area contributed by atoms with Gasteiger partial charge in [-0.05, 0) is 31.1 Å². The fraction of sp³-hybridized carbons (Fsp3) is 0.708. The number of rotatable bonds is 13. The van der Waals surface area contributed by atoms with E-state index in [1.54, 1.807) is 4.90 Å². The molecule has 1 saturated heterocycles. The van der Waals surface area contributed by atoms with E-state index in [0.29, 0.717) is 37.8 Å². The summed E-state index contributed by atoms with van der Waals surface area (Å²) in [6.07, 6.45) is 19.7. The van der Waals surface area contributed by atoms with Gasteiger partial charge in [-0.2, -0.15) is 0 Å². The van der Waals surface area contributed by atoms with Crippen LogP contribution < -0.4 is 0 Å². The Hall–Kier alpha value is -2.09. The van der Waals surface area contributed by atoms with Crippen molar-refractivity contribution in [2.45, 2.75) is 70.6 Å². The Morgan fingerprint density at radius 2 is 1.52 bits per heavy atom. The summed E-state index contributed by atoms with van der Waals surface area (Å²) in [6, 6.07) is 0. The zero-order chi connectivity index (χ0) is 20.6. The van der Waals surface area contributed by atoms with Crippen LogP contribution in [-0.2, 0) is 19.1 Å². The molecule has 2 bridgehead atoms. The number of unbranched alkanes of at least 4 members (excludes halogenated alkanes) is 7. The summed E-state index contributed by atoms with van der Waals surface area (Å²) in [4.78, 5) is 38.1. The van der Waals surface area contributed by atoms with Crippen molar-refractivity contribution in [2.75, 3.05) is 13.2 Å². The molecule has 5 heteroatoms. The highest BCUT2D eigenvalue weighted by Crippen LogP contribution is 2.52. The molecule has 4 unspecified atom stereocenters. The molecular formula is C24H33NO4. The number of amides is 2. The maximum atomic E-state index is 12.6. The second kappa shape index (κ2) is 10.6. The number of terminal acetylenes is 1. The number of fused-ring (bicyclic) bond motifs is 5. The number of imide groups is 1. The normalized spacial score (nSPS) is 26.8. The van der Waals surface area contributed by atoms with Crippen molar-refractivity contribution in [1.29, 1.82) is 0 Å². The molecule has 0 aromatic rings. The van der Waals surface area contributed by atoms with Gasteiger partial charge in [0.2, 0.25) is 11.8 Å². The van der Waals surface area contributed by atoms with E-state index >= 15 is 0 Å². The van der Waals surface area contributed by atoms with Crippen LogP contribution in [0, 0.1) is 36.0 Å². The van der Waals surface area contributed by atoms with E-state index in [0.717, 1.165) is 44.9 Å². The minimum atomic E-state index is -0.203. The first kappa shape index (κ1) is 21.6. The molecule has 158 valence electrons. The van der Waals surface area contributed by atoms with Crippen LogP contribution >= 0.6 is 0 Å². The molecule has 0 radical (unpaired) electrons. The number of esters is 1. The Bertz CT molecular complexity index is 647. The van der Waals surface area contributed by atoms with Gasteiger partial charge in [-0.25, -0.2) is 0 Å². The van der Waals surface area contributed by atoms with Crippen LogP contribution in [0.15, 0.2) is 12.2 Å². The van der Waals surface area contributed by atoms with Crippen molar-refractivity contribution in [3.63, 3.8) is 0 Å². The topological polar surface area (TPSA) is 63.7 Å². The molecule has 0 aromatic carbocycles. The molecule has 0 aromatic heterocycles. The van der Waals surface area contributed by atoms with Crippen molar-refractivity contribution < 1.29 is 19.1 Å². The van der Waals surface area contributed by atoms with Crippen molar-refractivity contribution in [1.82, 2.24) is 4.90 Å². The Balaban J connectivity index is 1.16. The van der Waals surface area contributed by atoms with Gasteiger partial charge in [0.15, 0.2) is 0 Å². The van der Waals surface area contributed by atoms with Crippen LogP contribution in [0.1, 0.15) is 70.6 Å². The summed E-state index contributed by atoms with van der Waals surface area (Å²) in [6.45, 7) is 1.08. The van der Waals surface area contributed by atoms with Gasteiger partial charge < -0.3 is 4.74 Å². The largest absolute Gasteiger partial charge is 0.466 e. The van der Waals surface area contributed by atoms with Crippen molar-refractivity contribution in [2.24, 2.45) is 23.7 Å². The predicted octanol–water partition coefficient (Wildman–Crippen LogP) is 3.87. The smallest absolute Gasteiger partial charge is 0.306 e. The van der Waals surface area contributed by atoms with E-state index in [1.807, 2.05) is 0 Å². The quantitative estimate of drug-likeness (QED) is 0.155. The molecule has 3 rings (SSSR count). The zero-order valence-electron chi connectivity index (χ0n) is 17.3. The van der Waals surface area contributed by atoms with Crippen LogP contribution in [0.4, 0.5) is 0 Å². The fourth-order valence-electron chi connectivity index (χ4n) is 5.05. The van der Waals surface area contributed by atoms with E-state index in [4.69, 9.17) is 11.2 Å². The van der Waals surface area contributed by atoms with Crippen LogP contribution in [0.3, 0.4) is 0 Å². The summed E-state index contributed by atoms with van der Waals surface area (Å²) in [5.74, 6) is 2.88. The number of ether oxygens (including phenoxy) is 1. The lowest BCUT2D eigenvalue weighted by atomic mass is 9.85. The fourth-order valence-corrected chi connectivity index (χ4v) is 5.05. The molecule has 1 aliphatic heterocycles. The summed E-state index contributed by atoms with van der Waals surface area (Å²) in [5, 5.41) is 0. The van der Waals surface area contributed by atoms with Crippen LogP contribution in [0.25, 0.3) is 0 Å². The minimum absolute atomic E-state index is 0.0610. The standard InChI is InChI=1S/C24H33NO4/c1-2-3-12-20(26)29-16-11-9-7-5-4-6-8-10-15-25-23(27)21-18-13-14-19(17-18)22(21)24(25)28/h1,13-14,18-19,21-22H,3-12,15-17H2. The number of carbonyl (C=O) groups is 3. The second-order valence-electron chi connectivity index (χ2n) is 8.58. The van der Waals surface area contributed by atoms with Gasteiger partial charge in [0.05, 0.1) is 24.9 Å². The lowest BCUT2D eigenvalue weighted by molar-refractivity contribution is -0.144. The van der Waals surface area contributed by atoms with Crippen molar-refractivity contribution in [3.05, 3.63) is 12.2 Å². The highest BCUT2D eigenvalue weighted by molar-refractivity contribution is 6.06. The number of hydrogen-bond donors (Lipinski definition) is 0. The van der Waals surface area contributed by atoms with Gasteiger partial charge in [0, 0.05) is 13.0 Å². The molecule has 2 amide bonds. The number of allylic oxidation sites excluding steroid dienone is 2. The third kappa shape index (κ3) is 5.29. The monoisotopic (exact) mass is 399 g/mol. The SMILES string of the molecule is C#CCCC(=O)OCCCCCCCCCCN1C(=O)C2C3C=CC(C3)C2C1=O. The van der Waals surface area contributed by atoms with E-state index in [9.17, 15) is 14.4 Å². The van der Waals surface area contributed by atoms with Gasteiger partial charge in [-0.1, -0.05) is 50.7 Å². The average Bonchev–Trinajstić information content (AvgIpc) is 3.39. The minimum Gasteiger partial charge on any atom is -0.466 e. The molecule has 2 fully saturated rings. The Labute approximate surface area is 174 Å². The molecule has 3 aliphatic rings. The highest BCUT2D eigenvalue weighted by atomic mass is 16.5. The van der Waals surface area contributed by atoms with Gasteiger partial charge in [0.25, 0.3) is 0 Å². The summed E-state index contributed by atoms with van der Waals surface area (Å²) < 4.78 is 5.12. The van der Waals surface area contributed by atoms with E-state index < -0.39 is 0 Å². The Morgan fingerprint density at radius 3 is 2.10 bits per heavy atom. The zero-order valence-corrected chi connectivity index (χ0v) is 17.3. The number of carbonyl (C=O) groups excluding carboxylic acids is 3. The number of nitrogens with zero attached hydrogens (tertiary/aromatic N) is 1. The summed E-state index contributed by atoms with van der Waals surface area (Å²) in [5.41, 5.74) is 0. The Morgan fingerprint density at radius 1 is 0.966 bits per heavy atom. The molecule has 1 saturated carbocycles. The van der Waals surface area contributed by atoms with Crippen LogP contribution in [0.5, 0.6) is 0 Å². The lowest BCUT2D eigenvalue weighted by Gasteiger charge is -2.17. The van der Waals surface area contributed by atoms with E-state index in [-0.39, 0.29) is 29.6 Å². The van der Waals surface area contributed by atoms with Crippen LogP contribution in [-0.4, -0.2) is 35.8 Å². The Kier molecular flexibility index (Phi) is 7.91. The third-order valence-electron chi connectivity index (χ3n) is 6.57. The maximum Gasteiger partial charge on any atom is 0.306 e. The van der Waals surface area contributed by atoms with Gasteiger partial charge >= 0.3 is 5.97 Å². The van der Waals surface area contributed by atoms with Gasteiger partial charge in [0.1, 0.15) is 0 Å². The molecule has 29 heavy (non-hydrogen) atoms. The predicted molar refractivity (Wildman–Crippen MR) is 110 cm³/mol. The first-order valence-corrected chi connectivity index (χ1v) is 11.3. The molecule has 0 N–H and O–H groups in total. The van der Waals surface area contributed by atoms with Gasteiger partial charge in [-0.3, -0.25) is 19.3 Å². The summed E-state index contributed by atoms with van der Waals surface area (Å²) in [7, 11) is 0. The lowest BCUT2D eigenvalue weighted by Crippen LogP contribution is -2.33. The first-order chi connectivity index (χ1) is 14.1. The molecule has 5 nitrogen and oxygen atoms in total. The highest BCUT2D eigenvalue weighted by Gasteiger charge is 2.58. The molecule has 0 spiro atoms. The number of likely N-dealkylation sites (tertiary alicyclic amines) is 1. The van der Waals surface area contributed by atoms with E-state index in [2.05, 4.69) is 18.1 Å².